The number of carbonyl (C=O) groups is 1. The number of carbonyl (C=O) groups excluding carboxylic acids is 1. The molecule has 0 heterocycles. The van der Waals surface area contributed by atoms with Gasteiger partial charge in [0.2, 0.25) is 5.91 Å². The van der Waals surface area contributed by atoms with Crippen molar-refractivity contribution in [2.45, 2.75) is 52.9 Å². The third-order valence-corrected chi connectivity index (χ3v) is 5.22. The Hall–Kier alpha value is -0.530. The standard InChI is InChI=1S/C15H25NO/c1-14(2,3)9-16-13(17)15-7-10-4-11(8-15)6-12(15)5-10/h10-12H,4-9H2,1-3H3,(H,16,17). The molecular formula is C15H25NO. The van der Waals surface area contributed by atoms with Crippen LogP contribution in [0.3, 0.4) is 0 Å². The van der Waals surface area contributed by atoms with Crippen molar-refractivity contribution in [1.82, 2.24) is 5.32 Å². The Labute approximate surface area is 105 Å². The summed E-state index contributed by atoms with van der Waals surface area (Å²) in [7, 11) is 0. The van der Waals surface area contributed by atoms with Crippen LogP contribution in [0.4, 0.5) is 0 Å². The summed E-state index contributed by atoms with van der Waals surface area (Å²) in [5.74, 6) is 2.83. The summed E-state index contributed by atoms with van der Waals surface area (Å²) in [4.78, 5) is 12.6. The minimum Gasteiger partial charge on any atom is -0.355 e. The van der Waals surface area contributed by atoms with Crippen molar-refractivity contribution in [3.8, 4) is 0 Å². The van der Waals surface area contributed by atoms with Gasteiger partial charge >= 0.3 is 0 Å². The van der Waals surface area contributed by atoms with E-state index in [-0.39, 0.29) is 10.8 Å². The molecule has 1 amide bonds. The van der Waals surface area contributed by atoms with Crippen LogP contribution >= 0.6 is 0 Å². The molecule has 0 spiro atoms. The molecule has 4 aliphatic rings. The first kappa shape index (κ1) is 11.6. The molecule has 2 nitrogen and oxygen atoms in total. The van der Waals surface area contributed by atoms with Gasteiger partial charge in [0.25, 0.3) is 0 Å². The summed E-state index contributed by atoms with van der Waals surface area (Å²) in [6, 6.07) is 0. The molecule has 4 bridgehead atoms. The van der Waals surface area contributed by atoms with Gasteiger partial charge in [-0.05, 0) is 55.3 Å². The molecule has 4 aliphatic carbocycles. The molecule has 2 atom stereocenters. The minimum atomic E-state index is 0.0544. The summed E-state index contributed by atoms with van der Waals surface area (Å²) in [5.41, 5.74) is 0.251. The lowest BCUT2D eigenvalue weighted by atomic mass is 9.75. The molecule has 0 aliphatic heterocycles. The number of rotatable bonds is 2. The Morgan fingerprint density at radius 1 is 1.18 bits per heavy atom. The fourth-order valence-corrected chi connectivity index (χ4v) is 4.69. The molecule has 0 aromatic carbocycles. The van der Waals surface area contributed by atoms with Gasteiger partial charge in [0, 0.05) is 6.54 Å². The molecule has 2 unspecified atom stereocenters. The highest BCUT2D eigenvalue weighted by Crippen LogP contribution is 2.65. The van der Waals surface area contributed by atoms with Crippen LogP contribution in [0.15, 0.2) is 0 Å². The van der Waals surface area contributed by atoms with Crippen LogP contribution in [-0.4, -0.2) is 12.5 Å². The van der Waals surface area contributed by atoms with E-state index < -0.39 is 0 Å². The van der Waals surface area contributed by atoms with Crippen molar-refractivity contribution in [1.29, 1.82) is 0 Å². The Morgan fingerprint density at radius 2 is 1.76 bits per heavy atom. The van der Waals surface area contributed by atoms with Gasteiger partial charge in [-0.1, -0.05) is 20.8 Å². The van der Waals surface area contributed by atoms with Gasteiger partial charge in [-0.2, -0.15) is 0 Å². The summed E-state index contributed by atoms with van der Waals surface area (Å²) >= 11 is 0. The van der Waals surface area contributed by atoms with Gasteiger partial charge in [-0.15, -0.1) is 0 Å². The molecule has 17 heavy (non-hydrogen) atoms. The van der Waals surface area contributed by atoms with Gasteiger partial charge in [0.05, 0.1) is 5.41 Å². The van der Waals surface area contributed by atoms with Crippen molar-refractivity contribution in [3.63, 3.8) is 0 Å². The Morgan fingerprint density at radius 3 is 2.29 bits per heavy atom. The maximum absolute atomic E-state index is 12.6. The van der Waals surface area contributed by atoms with Crippen LogP contribution in [0.25, 0.3) is 0 Å². The predicted molar refractivity (Wildman–Crippen MR) is 68.5 cm³/mol. The van der Waals surface area contributed by atoms with Crippen molar-refractivity contribution < 1.29 is 4.79 Å². The topological polar surface area (TPSA) is 29.1 Å². The first-order valence-corrected chi connectivity index (χ1v) is 7.17. The number of nitrogens with one attached hydrogen (secondary N) is 1. The van der Waals surface area contributed by atoms with E-state index in [9.17, 15) is 4.79 Å². The lowest BCUT2D eigenvalue weighted by Crippen LogP contribution is -2.44. The second-order valence-electron chi connectivity index (χ2n) is 7.94. The second kappa shape index (κ2) is 3.49. The molecule has 0 aromatic heterocycles. The Balaban J connectivity index is 1.70. The highest BCUT2D eigenvalue weighted by atomic mass is 16.2. The van der Waals surface area contributed by atoms with E-state index >= 15 is 0 Å². The fourth-order valence-electron chi connectivity index (χ4n) is 4.69. The third kappa shape index (κ3) is 1.80. The summed E-state index contributed by atoms with van der Waals surface area (Å²) < 4.78 is 0. The van der Waals surface area contributed by atoms with Gasteiger partial charge in [0.15, 0.2) is 0 Å². The van der Waals surface area contributed by atoms with Crippen molar-refractivity contribution >= 4 is 5.91 Å². The van der Waals surface area contributed by atoms with E-state index in [1.165, 1.54) is 32.1 Å². The van der Waals surface area contributed by atoms with Crippen LogP contribution in [0.5, 0.6) is 0 Å². The Kier molecular flexibility index (Phi) is 2.37. The molecule has 0 aromatic rings. The second-order valence-corrected chi connectivity index (χ2v) is 7.94. The molecular weight excluding hydrogens is 210 g/mol. The molecule has 96 valence electrons. The monoisotopic (exact) mass is 235 g/mol. The van der Waals surface area contributed by atoms with Gasteiger partial charge in [-0.3, -0.25) is 4.79 Å². The highest BCUT2D eigenvalue weighted by Gasteiger charge is 2.61. The zero-order chi connectivity index (χ0) is 12.3. The number of amides is 1. The quantitative estimate of drug-likeness (QED) is 0.783. The van der Waals surface area contributed by atoms with Crippen LogP contribution in [-0.2, 0) is 4.79 Å². The average molecular weight is 235 g/mol. The van der Waals surface area contributed by atoms with Crippen LogP contribution < -0.4 is 5.32 Å². The molecule has 2 heteroatoms. The van der Waals surface area contributed by atoms with Crippen LogP contribution in [0, 0.1) is 28.6 Å². The fraction of sp³-hybridized carbons (Fsp3) is 0.933. The number of hydrogen-bond acceptors (Lipinski definition) is 1. The normalized spacial score (nSPS) is 43.1. The van der Waals surface area contributed by atoms with Gasteiger partial charge < -0.3 is 5.32 Å². The van der Waals surface area contributed by atoms with E-state index in [0.29, 0.717) is 11.8 Å². The predicted octanol–water partition coefficient (Wildman–Crippen LogP) is 2.98. The van der Waals surface area contributed by atoms with E-state index in [0.717, 1.165) is 18.4 Å². The lowest BCUT2D eigenvalue weighted by molar-refractivity contribution is -0.133. The highest BCUT2D eigenvalue weighted by molar-refractivity contribution is 5.84. The number of hydrogen-bond donors (Lipinski definition) is 1. The van der Waals surface area contributed by atoms with Crippen molar-refractivity contribution in [3.05, 3.63) is 0 Å². The average Bonchev–Trinajstić information content (AvgIpc) is 2.60. The molecule has 0 radical (unpaired) electrons. The van der Waals surface area contributed by atoms with Crippen molar-refractivity contribution in [2.24, 2.45) is 28.6 Å². The van der Waals surface area contributed by atoms with E-state index in [2.05, 4.69) is 26.1 Å². The molecule has 4 fully saturated rings. The van der Waals surface area contributed by atoms with Crippen LogP contribution in [0.1, 0.15) is 52.9 Å². The van der Waals surface area contributed by atoms with Crippen molar-refractivity contribution in [2.75, 3.05) is 6.54 Å². The maximum Gasteiger partial charge on any atom is 0.226 e. The molecule has 4 rings (SSSR count). The van der Waals surface area contributed by atoms with Gasteiger partial charge in [0.1, 0.15) is 0 Å². The largest absolute Gasteiger partial charge is 0.355 e. The minimum absolute atomic E-state index is 0.0544. The van der Waals surface area contributed by atoms with E-state index in [4.69, 9.17) is 0 Å². The van der Waals surface area contributed by atoms with E-state index in [1.54, 1.807) is 0 Å². The van der Waals surface area contributed by atoms with E-state index in [1.807, 2.05) is 0 Å². The first-order valence-electron chi connectivity index (χ1n) is 7.17. The zero-order valence-corrected chi connectivity index (χ0v) is 11.4. The first-order chi connectivity index (χ1) is 7.89. The SMILES string of the molecule is CC(C)(C)CNC(=O)C12CC3CC(CC1C3)C2. The smallest absolute Gasteiger partial charge is 0.226 e. The molecule has 4 saturated carbocycles. The maximum atomic E-state index is 12.6. The summed E-state index contributed by atoms with van der Waals surface area (Å²) in [6.07, 6.45) is 6.44. The van der Waals surface area contributed by atoms with Crippen LogP contribution in [0.2, 0.25) is 0 Å². The molecule has 0 saturated heterocycles. The summed E-state index contributed by atoms with van der Waals surface area (Å²) in [6.45, 7) is 7.37. The zero-order valence-electron chi connectivity index (χ0n) is 11.4. The van der Waals surface area contributed by atoms with Gasteiger partial charge in [-0.25, -0.2) is 0 Å². The third-order valence-electron chi connectivity index (χ3n) is 5.22. The lowest BCUT2D eigenvalue weighted by Gasteiger charge is -2.32. The summed E-state index contributed by atoms with van der Waals surface area (Å²) in [5, 5.41) is 3.23. The Bertz CT molecular complexity index is 327. The molecule has 1 N–H and O–H groups in total.